The second kappa shape index (κ2) is 4.87. The van der Waals surface area contributed by atoms with E-state index in [0.717, 1.165) is 23.7 Å². The fourth-order valence-electron chi connectivity index (χ4n) is 2.67. The molecule has 3 rings (SSSR count). The van der Waals surface area contributed by atoms with Crippen molar-refractivity contribution < 1.29 is 9.90 Å². The molecule has 1 aliphatic rings. The van der Waals surface area contributed by atoms with Gasteiger partial charge in [-0.05, 0) is 37.1 Å². The molecule has 0 saturated carbocycles. The molecule has 1 amide bonds. The van der Waals surface area contributed by atoms with Crippen molar-refractivity contribution in [1.29, 1.82) is 0 Å². The number of rotatable bonds is 2. The smallest absolute Gasteiger partial charge is 0.270 e. The summed E-state index contributed by atoms with van der Waals surface area (Å²) < 4.78 is 0. The van der Waals surface area contributed by atoms with Gasteiger partial charge in [-0.15, -0.1) is 0 Å². The molecule has 2 heterocycles. The van der Waals surface area contributed by atoms with Crippen molar-refractivity contribution in [3.05, 3.63) is 35.0 Å². The van der Waals surface area contributed by atoms with Crippen molar-refractivity contribution in [2.45, 2.75) is 18.9 Å². The van der Waals surface area contributed by atoms with Crippen LogP contribution in [0, 0.1) is 0 Å². The summed E-state index contributed by atoms with van der Waals surface area (Å²) in [5.41, 5.74) is 1.45. The van der Waals surface area contributed by atoms with Gasteiger partial charge < -0.3 is 15.0 Å². The lowest BCUT2D eigenvalue weighted by molar-refractivity contribution is 0.0672. The quantitative estimate of drug-likeness (QED) is 0.886. The topological polar surface area (TPSA) is 56.3 Å². The summed E-state index contributed by atoms with van der Waals surface area (Å²) in [5.74, 6) is -0.0520. The number of aromatic amines is 1. The van der Waals surface area contributed by atoms with E-state index in [-0.39, 0.29) is 18.6 Å². The van der Waals surface area contributed by atoms with Crippen molar-refractivity contribution >= 4 is 28.4 Å². The van der Waals surface area contributed by atoms with Crippen LogP contribution < -0.4 is 0 Å². The monoisotopic (exact) mass is 278 g/mol. The molecule has 0 spiro atoms. The van der Waals surface area contributed by atoms with E-state index >= 15 is 0 Å². The van der Waals surface area contributed by atoms with Crippen LogP contribution in [-0.4, -0.2) is 40.1 Å². The van der Waals surface area contributed by atoms with Crippen LogP contribution in [0.1, 0.15) is 23.3 Å². The molecule has 1 aromatic carbocycles. The van der Waals surface area contributed by atoms with Crippen LogP contribution in [0.4, 0.5) is 0 Å². The number of aliphatic hydroxyl groups excluding tert-OH is 1. The lowest BCUT2D eigenvalue weighted by atomic mass is 10.2. The van der Waals surface area contributed by atoms with Gasteiger partial charge in [0, 0.05) is 22.5 Å². The van der Waals surface area contributed by atoms with E-state index in [1.807, 2.05) is 18.2 Å². The van der Waals surface area contributed by atoms with Crippen molar-refractivity contribution in [3.63, 3.8) is 0 Å². The number of carbonyl (C=O) groups is 1. The minimum atomic E-state index is -0.0532. The number of nitrogens with zero attached hydrogens (tertiary/aromatic N) is 1. The summed E-state index contributed by atoms with van der Waals surface area (Å²) in [6.45, 7) is 0.734. The van der Waals surface area contributed by atoms with Crippen LogP contribution >= 0.6 is 11.6 Å². The van der Waals surface area contributed by atoms with Crippen LogP contribution in [-0.2, 0) is 0 Å². The van der Waals surface area contributed by atoms with Crippen LogP contribution in [0.3, 0.4) is 0 Å². The first-order valence-corrected chi connectivity index (χ1v) is 6.77. The Balaban J connectivity index is 1.93. The Labute approximate surface area is 116 Å². The molecule has 0 unspecified atom stereocenters. The van der Waals surface area contributed by atoms with Crippen molar-refractivity contribution in [2.75, 3.05) is 13.2 Å². The Morgan fingerprint density at radius 3 is 3.11 bits per heavy atom. The molecular weight excluding hydrogens is 264 g/mol. The molecule has 2 N–H and O–H groups in total. The zero-order valence-corrected chi connectivity index (χ0v) is 11.2. The molecule has 0 aliphatic carbocycles. The zero-order valence-electron chi connectivity index (χ0n) is 10.4. The van der Waals surface area contributed by atoms with Gasteiger partial charge in [-0.25, -0.2) is 0 Å². The molecule has 0 bridgehead atoms. The van der Waals surface area contributed by atoms with E-state index in [1.54, 1.807) is 11.0 Å². The van der Waals surface area contributed by atoms with Gasteiger partial charge in [0.25, 0.3) is 5.91 Å². The highest BCUT2D eigenvalue weighted by atomic mass is 35.5. The summed E-state index contributed by atoms with van der Waals surface area (Å²) in [6, 6.07) is 7.25. The van der Waals surface area contributed by atoms with E-state index < -0.39 is 0 Å². The standard InChI is InChI=1S/C14H15ClN2O2/c15-10-3-4-12-9(6-10)7-13(16-12)14(19)17-5-1-2-11(17)8-18/h3-4,6-7,11,16,18H,1-2,5,8H2/t11-/m0/s1. The lowest BCUT2D eigenvalue weighted by Crippen LogP contribution is -2.37. The van der Waals surface area contributed by atoms with Gasteiger partial charge in [-0.3, -0.25) is 4.79 Å². The average molecular weight is 279 g/mol. The molecule has 2 aromatic rings. The lowest BCUT2D eigenvalue weighted by Gasteiger charge is -2.22. The summed E-state index contributed by atoms with van der Waals surface area (Å²) >= 11 is 5.94. The van der Waals surface area contributed by atoms with E-state index in [2.05, 4.69) is 4.98 Å². The molecule has 1 fully saturated rings. The third-order valence-corrected chi connectivity index (χ3v) is 3.90. The number of amides is 1. The highest BCUT2D eigenvalue weighted by molar-refractivity contribution is 6.31. The molecule has 1 aliphatic heterocycles. The van der Waals surface area contributed by atoms with Crippen molar-refractivity contribution in [3.8, 4) is 0 Å². The van der Waals surface area contributed by atoms with Gasteiger partial charge in [0.05, 0.1) is 12.6 Å². The number of likely N-dealkylation sites (tertiary alicyclic amines) is 1. The number of H-pyrrole nitrogens is 1. The van der Waals surface area contributed by atoms with Crippen molar-refractivity contribution in [2.24, 2.45) is 0 Å². The molecular formula is C14H15ClN2O2. The Morgan fingerprint density at radius 2 is 2.32 bits per heavy atom. The number of fused-ring (bicyclic) bond motifs is 1. The van der Waals surface area contributed by atoms with Gasteiger partial charge in [0.2, 0.25) is 0 Å². The number of hydrogen-bond acceptors (Lipinski definition) is 2. The van der Waals surface area contributed by atoms with Crippen molar-refractivity contribution in [1.82, 2.24) is 9.88 Å². The minimum Gasteiger partial charge on any atom is -0.394 e. The predicted octanol–water partition coefficient (Wildman–Crippen LogP) is 2.42. The van der Waals surface area contributed by atoms with Gasteiger partial charge >= 0.3 is 0 Å². The highest BCUT2D eigenvalue weighted by Gasteiger charge is 2.29. The van der Waals surface area contributed by atoms with Gasteiger partial charge in [-0.1, -0.05) is 11.6 Å². The number of aliphatic hydroxyl groups is 1. The number of carbonyl (C=O) groups excluding carboxylic acids is 1. The first-order valence-electron chi connectivity index (χ1n) is 6.39. The minimum absolute atomic E-state index is 0.0256. The molecule has 1 atom stereocenters. The second-order valence-electron chi connectivity index (χ2n) is 4.89. The third-order valence-electron chi connectivity index (χ3n) is 3.66. The maximum atomic E-state index is 12.4. The molecule has 100 valence electrons. The molecule has 0 radical (unpaired) electrons. The van der Waals surface area contributed by atoms with Crippen LogP contribution in [0.15, 0.2) is 24.3 Å². The third kappa shape index (κ3) is 2.22. The number of aromatic nitrogens is 1. The molecule has 5 heteroatoms. The number of benzene rings is 1. The SMILES string of the molecule is O=C(c1cc2cc(Cl)ccc2[nH]1)N1CCC[C@H]1CO. The fraction of sp³-hybridized carbons (Fsp3) is 0.357. The first-order chi connectivity index (χ1) is 9.19. The summed E-state index contributed by atoms with van der Waals surface area (Å²) in [6.07, 6.45) is 1.82. The molecule has 1 aromatic heterocycles. The van der Waals surface area contributed by atoms with E-state index in [9.17, 15) is 9.90 Å². The Morgan fingerprint density at radius 1 is 1.47 bits per heavy atom. The molecule has 4 nitrogen and oxygen atoms in total. The summed E-state index contributed by atoms with van der Waals surface area (Å²) in [7, 11) is 0. The zero-order chi connectivity index (χ0) is 13.4. The first kappa shape index (κ1) is 12.5. The normalized spacial score (nSPS) is 19.3. The largest absolute Gasteiger partial charge is 0.394 e. The Kier molecular flexibility index (Phi) is 3.21. The van der Waals surface area contributed by atoms with Gasteiger partial charge in [-0.2, -0.15) is 0 Å². The van der Waals surface area contributed by atoms with Crippen LogP contribution in [0.5, 0.6) is 0 Å². The molecule has 19 heavy (non-hydrogen) atoms. The Hall–Kier alpha value is -1.52. The summed E-state index contributed by atoms with van der Waals surface area (Å²) in [4.78, 5) is 17.3. The Bertz CT molecular complexity index is 623. The maximum absolute atomic E-state index is 12.4. The number of halogens is 1. The number of hydrogen-bond donors (Lipinski definition) is 2. The van der Waals surface area contributed by atoms with Crippen LogP contribution in [0.25, 0.3) is 10.9 Å². The van der Waals surface area contributed by atoms with E-state index in [1.165, 1.54) is 0 Å². The van der Waals surface area contributed by atoms with Gasteiger partial charge in [0.15, 0.2) is 0 Å². The average Bonchev–Trinajstić information content (AvgIpc) is 3.03. The van der Waals surface area contributed by atoms with E-state index in [4.69, 9.17) is 11.6 Å². The van der Waals surface area contributed by atoms with Crippen LogP contribution in [0.2, 0.25) is 5.02 Å². The maximum Gasteiger partial charge on any atom is 0.270 e. The van der Waals surface area contributed by atoms with Gasteiger partial charge in [0.1, 0.15) is 5.69 Å². The number of nitrogens with one attached hydrogen (secondary N) is 1. The highest BCUT2D eigenvalue weighted by Crippen LogP contribution is 2.23. The second-order valence-corrected chi connectivity index (χ2v) is 5.33. The summed E-state index contributed by atoms with van der Waals surface area (Å²) in [5, 5.41) is 10.9. The molecule has 1 saturated heterocycles. The predicted molar refractivity (Wildman–Crippen MR) is 74.5 cm³/mol. The fourth-order valence-corrected chi connectivity index (χ4v) is 2.85. The van der Waals surface area contributed by atoms with E-state index in [0.29, 0.717) is 17.3 Å².